The smallest absolute Gasteiger partial charge is 0.221 e. The predicted octanol–water partition coefficient (Wildman–Crippen LogP) is 3.64. The van der Waals surface area contributed by atoms with Crippen LogP contribution in [0.15, 0.2) is 48.5 Å². The van der Waals surface area contributed by atoms with Crippen molar-refractivity contribution in [2.45, 2.75) is 13.0 Å². The Morgan fingerprint density at radius 2 is 1.79 bits per heavy atom. The Morgan fingerprint density at radius 1 is 1.03 bits per heavy atom. The molecule has 3 aromatic rings. The molecule has 2 N–H and O–H groups in total. The molecule has 0 aliphatic rings. The summed E-state index contributed by atoms with van der Waals surface area (Å²) >= 11 is 0. The summed E-state index contributed by atoms with van der Waals surface area (Å²) < 4.78 is 47.9. The standard InChI is InChI=1S/C21H14F3N3O2/c22-16-6-12(10-25)4-5-13(16)11-29-21-3-1-2-19(27-21)15-9-17(23)14(7-18(15)24)8-20(26)28/h1-7,9H,8,11H2,(H2,26,28). The molecule has 0 bridgehead atoms. The summed E-state index contributed by atoms with van der Waals surface area (Å²) in [7, 11) is 0. The average molecular weight is 397 g/mol. The number of carbonyl (C=O) groups excluding carboxylic acids is 1. The molecular weight excluding hydrogens is 383 g/mol. The van der Waals surface area contributed by atoms with Crippen LogP contribution in [0.2, 0.25) is 0 Å². The van der Waals surface area contributed by atoms with Crippen LogP contribution in [0.1, 0.15) is 16.7 Å². The van der Waals surface area contributed by atoms with Crippen molar-refractivity contribution in [2.24, 2.45) is 5.73 Å². The molecular formula is C21H14F3N3O2. The molecule has 0 radical (unpaired) electrons. The highest BCUT2D eigenvalue weighted by molar-refractivity contribution is 5.77. The van der Waals surface area contributed by atoms with Crippen molar-refractivity contribution >= 4 is 5.91 Å². The van der Waals surface area contributed by atoms with E-state index in [-0.39, 0.29) is 40.4 Å². The SMILES string of the molecule is N#Cc1ccc(COc2cccc(-c3cc(F)c(CC(N)=O)cc3F)n2)c(F)c1. The maximum Gasteiger partial charge on any atom is 0.221 e. The molecule has 29 heavy (non-hydrogen) atoms. The fourth-order valence-electron chi connectivity index (χ4n) is 2.64. The highest BCUT2D eigenvalue weighted by Crippen LogP contribution is 2.26. The Bertz CT molecular complexity index is 1130. The van der Waals surface area contributed by atoms with Crippen molar-refractivity contribution in [1.82, 2.24) is 4.98 Å². The lowest BCUT2D eigenvalue weighted by Crippen LogP contribution is -2.15. The number of hydrogen-bond acceptors (Lipinski definition) is 4. The third-order valence-electron chi connectivity index (χ3n) is 4.06. The monoisotopic (exact) mass is 397 g/mol. The van der Waals surface area contributed by atoms with Gasteiger partial charge in [0.05, 0.1) is 23.7 Å². The van der Waals surface area contributed by atoms with E-state index in [2.05, 4.69) is 4.98 Å². The van der Waals surface area contributed by atoms with E-state index in [0.29, 0.717) is 0 Å². The van der Waals surface area contributed by atoms with Crippen molar-refractivity contribution in [3.63, 3.8) is 0 Å². The number of primary amides is 1. The van der Waals surface area contributed by atoms with Gasteiger partial charge in [-0.15, -0.1) is 0 Å². The van der Waals surface area contributed by atoms with Crippen LogP contribution < -0.4 is 10.5 Å². The third-order valence-corrected chi connectivity index (χ3v) is 4.06. The molecule has 1 aromatic heterocycles. The number of rotatable bonds is 6. The zero-order valence-corrected chi connectivity index (χ0v) is 15.0. The lowest BCUT2D eigenvalue weighted by atomic mass is 10.0. The summed E-state index contributed by atoms with van der Waals surface area (Å²) in [4.78, 5) is 15.1. The second-order valence-corrected chi connectivity index (χ2v) is 6.13. The van der Waals surface area contributed by atoms with Crippen molar-refractivity contribution in [3.8, 4) is 23.2 Å². The summed E-state index contributed by atoms with van der Waals surface area (Å²) in [5, 5.41) is 8.76. The van der Waals surface area contributed by atoms with Crippen LogP contribution in [0.25, 0.3) is 11.3 Å². The van der Waals surface area contributed by atoms with Gasteiger partial charge in [-0.25, -0.2) is 18.2 Å². The number of nitriles is 1. The number of pyridine rings is 1. The molecule has 0 aliphatic carbocycles. The molecule has 3 rings (SSSR count). The molecule has 0 saturated carbocycles. The molecule has 8 heteroatoms. The summed E-state index contributed by atoms with van der Waals surface area (Å²) in [6.45, 7) is -0.164. The molecule has 0 spiro atoms. The Morgan fingerprint density at radius 3 is 2.48 bits per heavy atom. The molecule has 146 valence electrons. The van der Waals surface area contributed by atoms with E-state index >= 15 is 0 Å². The maximum atomic E-state index is 14.4. The number of aromatic nitrogens is 1. The number of hydrogen-bond donors (Lipinski definition) is 1. The maximum absolute atomic E-state index is 14.4. The van der Waals surface area contributed by atoms with E-state index in [1.54, 1.807) is 0 Å². The lowest BCUT2D eigenvalue weighted by molar-refractivity contribution is -0.117. The summed E-state index contributed by atoms with van der Waals surface area (Å²) in [6.07, 6.45) is -0.421. The highest BCUT2D eigenvalue weighted by atomic mass is 19.1. The Labute approximate surface area is 164 Å². The quantitative estimate of drug-likeness (QED) is 0.688. The second kappa shape index (κ2) is 8.44. The Hall–Kier alpha value is -3.86. The predicted molar refractivity (Wildman–Crippen MR) is 97.9 cm³/mol. The van der Waals surface area contributed by atoms with Crippen LogP contribution in [0.3, 0.4) is 0 Å². The van der Waals surface area contributed by atoms with Gasteiger partial charge >= 0.3 is 0 Å². The zero-order valence-electron chi connectivity index (χ0n) is 15.0. The first-order chi connectivity index (χ1) is 13.9. The number of benzene rings is 2. The van der Waals surface area contributed by atoms with Crippen molar-refractivity contribution in [1.29, 1.82) is 5.26 Å². The van der Waals surface area contributed by atoms with Crippen LogP contribution in [0.5, 0.6) is 5.88 Å². The van der Waals surface area contributed by atoms with E-state index in [1.807, 2.05) is 6.07 Å². The molecule has 0 fully saturated rings. The highest BCUT2D eigenvalue weighted by Gasteiger charge is 2.15. The summed E-state index contributed by atoms with van der Waals surface area (Å²) in [6, 6.07) is 12.1. The van der Waals surface area contributed by atoms with Gasteiger partial charge in [0.2, 0.25) is 11.8 Å². The summed E-state index contributed by atoms with van der Waals surface area (Å²) in [5.74, 6) is -2.86. The van der Waals surface area contributed by atoms with Gasteiger partial charge in [-0.05, 0) is 30.3 Å². The van der Waals surface area contributed by atoms with Crippen LogP contribution in [0, 0.1) is 28.8 Å². The topological polar surface area (TPSA) is 89.0 Å². The van der Waals surface area contributed by atoms with Crippen LogP contribution >= 0.6 is 0 Å². The van der Waals surface area contributed by atoms with E-state index in [1.165, 1.54) is 30.3 Å². The molecule has 2 aromatic carbocycles. The number of nitrogens with zero attached hydrogens (tertiary/aromatic N) is 2. The average Bonchev–Trinajstić information content (AvgIpc) is 2.69. The number of carbonyl (C=O) groups is 1. The van der Waals surface area contributed by atoms with E-state index < -0.39 is 29.8 Å². The number of halogens is 3. The van der Waals surface area contributed by atoms with Gasteiger partial charge in [0, 0.05) is 22.8 Å². The Kier molecular flexibility index (Phi) is 5.79. The van der Waals surface area contributed by atoms with E-state index in [9.17, 15) is 18.0 Å². The largest absolute Gasteiger partial charge is 0.473 e. The first-order valence-electron chi connectivity index (χ1n) is 8.42. The molecule has 0 atom stereocenters. The normalized spacial score (nSPS) is 10.4. The number of ether oxygens (including phenoxy) is 1. The lowest BCUT2D eigenvalue weighted by Gasteiger charge is -2.10. The third kappa shape index (κ3) is 4.71. The number of amides is 1. The minimum Gasteiger partial charge on any atom is -0.473 e. The van der Waals surface area contributed by atoms with E-state index in [4.69, 9.17) is 15.7 Å². The van der Waals surface area contributed by atoms with Gasteiger partial charge in [0.15, 0.2) is 0 Å². The van der Waals surface area contributed by atoms with E-state index in [0.717, 1.165) is 18.2 Å². The molecule has 0 saturated heterocycles. The van der Waals surface area contributed by atoms with Gasteiger partial charge in [0.25, 0.3) is 0 Å². The van der Waals surface area contributed by atoms with Gasteiger partial charge in [-0.3, -0.25) is 4.79 Å². The number of nitrogens with two attached hydrogens (primary N) is 1. The first kappa shape index (κ1) is 19.9. The fraction of sp³-hybridized carbons (Fsp3) is 0.0952. The van der Waals surface area contributed by atoms with Crippen LogP contribution in [-0.2, 0) is 17.8 Å². The molecule has 1 heterocycles. The summed E-state index contributed by atoms with van der Waals surface area (Å²) in [5.41, 5.74) is 5.25. The van der Waals surface area contributed by atoms with Gasteiger partial charge in [-0.1, -0.05) is 12.1 Å². The second-order valence-electron chi connectivity index (χ2n) is 6.13. The first-order valence-corrected chi connectivity index (χ1v) is 8.42. The fourth-order valence-corrected chi connectivity index (χ4v) is 2.64. The van der Waals surface area contributed by atoms with Gasteiger partial charge < -0.3 is 10.5 Å². The van der Waals surface area contributed by atoms with Gasteiger partial charge in [0.1, 0.15) is 24.1 Å². The van der Waals surface area contributed by atoms with Crippen LogP contribution in [0.4, 0.5) is 13.2 Å². The molecule has 0 aliphatic heterocycles. The minimum atomic E-state index is -0.784. The Balaban J connectivity index is 1.82. The molecule has 1 amide bonds. The van der Waals surface area contributed by atoms with Gasteiger partial charge in [-0.2, -0.15) is 5.26 Å². The van der Waals surface area contributed by atoms with Crippen molar-refractivity contribution in [3.05, 3.63) is 82.7 Å². The zero-order chi connectivity index (χ0) is 21.0. The van der Waals surface area contributed by atoms with Crippen molar-refractivity contribution < 1.29 is 22.7 Å². The minimum absolute atomic E-state index is 0.0762. The van der Waals surface area contributed by atoms with Crippen LogP contribution in [-0.4, -0.2) is 10.9 Å². The van der Waals surface area contributed by atoms with Crippen molar-refractivity contribution in [2.75, 3.05) is 0 Å². The molecule has 0 unspecified atom stereocenters. The molecule has 5 nitrogen and oxygen atoms in total.